The van der Waals surface area contributed by atoms with Gasteiger partial charge >= 0.3 is 5.97 Å². The molecule has 3 heteroatoms. The minimum absolute atomic E-state index is 0.226. The highest BCUT2D eigenvalue weighted by Gasteiger charge is 2.02. The van der Waals surface area contributed by atoms with Crippen LogP contribution in [0.25, 0.3) is 0 Å². The van der Waals surface area contributed by atoms with Gasteiger partial charge in [-0.2, -0.15) is 0 Å². The number of rotatable bonds is 11. The lowest BCUT2D eigenvalue weighted by Gasteiger charge is -2.07. The number of ether oxygens (including phenoxy) is 2. The number of hydrogen-bond acceptors (Lipinski definition) is 3. The van der Waals surface area contributed by atoms with E-state index in [0.29, 0.717) is 6.42 Å². The Morgan fingerprint density at radius 1 is 1.05 bits per heavy atom. The van der Waals surface area contributed by atoms with Gasteiger partial charge in [0.25, 0.3) is 0 Å². The van der Waals surface area contributed by atoms with E-state index in [4.69, 9.17) is 11.2 Å². The molecule has 0 aliphatic heterocycles. The Morgan fingerprint density at radius 3 is 2.32 bits per heavy atom. The van der Waals surface area contributed by atoms with Crippen molar-refractivity contribution in [1.82, 2.24) is 0 Å². The van der Waals surface area contributed by atoms with Crippen molar-refractivity contribution in [1.29, 1.82) is 0 Å². The summed E-state index contributed by atoms with van der Waals surface area (Å²) >= 11 is 0. The van der Waals surface area contributed by atoms with Crippen molar-refractivity contribution in [2.24, 2.45) is 0 Å². The van der Waals surface area contributed by atoms with Crippen LogP contribution in [0.1, 0.15) is 50.5 Å². The molecule has 0 radical (unpaired) electrons. The van der Waals surface area contributed by atoms with E-state index in [1.807, 2.05) is 24.3 Å². The van der Waals surface area contributed by atoms with Gasteiger partial charge in [0.1, 0.15) is 5.75 Å². The van der Waals surface area contributed by atoms with Crippen molar-refractivity contribution in [3.63, 3.8) is 0 Å². The average molecular weight is 302 g/mol. The molecule has 0 aliphatic carbocycles. The summed E-state index contributed by atoms with van der Waals surface area (Å²) in [5.74, 6) is 3.29. The second kappa shape index (κ2) is 11.7. The van der Waals surface area contributed by atoms with Gasteiger partial charge in [-0.3, -0.25) is 4.79 Å². The van der Waals surface area contributed by atoms with E-state index in [1.54, 1.807) is 0 Å². The zero-order valence-corrected chi connectivity index (χ0v) is 13.5. The summed E-state index contributed by atoms with van der Waals surface area (Å²) in [6.45, 7) is 0.737. The Labute approximate surface area is 134 Å². The van der Waals surface area contributed by atoms with Crippen LogP contribution in [0.3, 0.4) is 0 Å². The third-order valence-corrected chi connectivity index (χ3v) is 3.48. The molecule has 0 aliphatic rings. The fourth-order valence-electron chi connectivity index (χ4n) is 2.17. The van der Waals surface area contributed by atoms with Gasteiger partial charge in [0.2, 0.25) is 0 Å². The molecule has 0 spiro atoms. The van der Waals surface area contributed by atoms with Crippen molar-refractivity contribution in [2.75, 3.05) is 13.7 Å². The van der Waals surface area contributed by atoms with Crippen LogP contribution in [0, 0.1) is 12.3 Å². The minimum atomic E-state index is -0.226. The number of benzene rings is 1. The number of terminal acetylenes is 1. The number of unbranched alkanes of at least 4 members (excludes halogenated alkanes) is 6. The fraction of sp³-hybridized carbons (Fsp3) is 0.526. The topological polar surface area (TPSA) is 35.5 Å². The Hall–Kier alpha value is -1.95. The van der Waals surface area contributed by atoms with E-state index >= 15 is 0 Å². The van der Waals surface area contributed by atoms with Gasteiger partial charge in [0, 0.05) is 6.42 Å². The van der Waals surface area contributed by atoms with E-state index in [0.717, 1.165) is 37.2 Å². The van der Waals surface area contributed by atoms with Gasteiger partial charge in [-0.25, -0.2) is 0 Å². The summed E-state index contributed by atoms with van der Waals surface area (Å²) in [5.41, 5.74) is 0.936. The highest BCUT2D eigenvalue weighted by molar-refractivity contribution is 5.72. The van der Waals surface area contributed by atoms with E-state index < -0.39 is 0 Å². The van der Waals surface area contributed by atoms with Crippen LogP contribution in [0.2, 0.25) is 0 Å². The van der Waals surface area contributed by atoms with E-state index in [2.05, 4.69) is 10.7 Å². The highest BCUT2D eigenvalue weighted by Crippen LogP contribution is 2.14. The second-order valence-corrected chi connectivity index (χ2v) is 5.32. The average Bonchev–Trinajstić information content (AvgIpc) is 2.54. The number of carbonyl (C=O) groups excluding carboxylic acids is 1. The molecular formula is C19H26O3. The van der Waals surface area contributed by atoms with Gasteiger partial charge in [-0.1, -0.05) is 37.8 Å². The first-order valence-corrected chi connectivity index (χ1v) is 7.98. The van der Waals surface area contributed by atoms with Crippen LogP contribution < -0.4 is 4.74 Å². The summed E-state index contributed by atoms with van der Waals surface area (Å²) in [7, 11) is 1.40. The quantitative estimate of drug-likeness (QED) is 0.350. The van der Waals surface area contributed by atoms with Crippen molar-refractivity contribution < 1.29 is 14.3 Å². The molecule has 0 unspecified atom stereocenters. The lowest BCUT2D eigenvalue weighted by atomic mass is 10.1. The molecule has 1 rings (SSSR count). The van der Waals surface area contributed by atoms with Crippen molar-refractivity contribution >= 4 is 5.97 Å². The van der Waals surface area contributed by atoms with E-state index in [9.17, 15) is 4.79 Å². The lowest BCUT2D eigenvalue weighted by molar-refractivity contribution is -0.139. The predicted octanol–water partition coefficient (Wildman–Crippen LogP) is 4.14. The molecule has 1 aromatic carbocycles. The van der Waals surface area contributed by atoms with E-state index in [-0.39, 0.29) is 5.97 Å². The van der Waals surface area contributed by atoms with Crippen LogP contribution in [0.5, 0.6) is 5.75 Å². The Kier molecular flexibility index (Phi) is 9.61. The predicted molar refractivity (Wildman–Crippen MR) is 88.8 cm³/mol. The molecule has 0 saturated heterocycles. The van der Waals surface area contributed by atoms with Crippen molar-refractivity contribution in [2.45, 2.75) is 51.4 Å². The summed E-state index contributed by atoms with van der Waals surface area (Å²) in [6, 6.07) is 7.60. The van der Waals surface area contributed by atoms with Gasteiger partial charge < -0.3 is 9.47 Å². The molecule has 0 saturated carbocycles. The molecule has 0 bridgehead atoms. The normalized spacial score (nSPS) is 10.0. The Balaban J connectivity index is 2.08. The zero-order chi connectivity index (χ0) is 16.0. The highest BCUT2D eigenvalue weighted by atomic mass is 16.5. The molecule has 1 aromatic rings. The smallest absolute Gasteiger partial charge is 0.309 e. The van der Waals surface area contributed by atoms with Gasteiger partial charge in [0.05, 0.1) is 20.1 Å². The van der Waals surface area contributed by atoms with Gasteiger partial charge in [-0.05, 0) is 30.5 Å². The maximum atomic E-state index is 11.2. The Morgan fingerprint density at radius 2 is 1.68 bits per heavy atom. The molecular weight excluding hydrogens is 276 g/mol. The maximum Gasteiger partial charge on any atom is 0.309 e. The summed E-state index contributed by atoms with van der Waals surface area (Å²) in [5, 5.41) is 0. The third-order valence-electron chi connectivity index (χ3n) is 3.48. The summed E-state index contributed by atoms with van der Waals surface area (Å²) < 4.78 is 10.3. The van der Waals surface area contributed by atoms with E-state index in [1.165, 1.54) is 32.8 Å². The van der Waals surface area contributed by atoms with Crippen LogP contribution in [0.4, 0.5) is 0 Å². The van der Waals surface area contributed by atoms with Crippen LogP contribution in [-0.2, 0) is 16.0 Å². The maximum absolute atomic E-state index is 11.2. The number of methoxy groups -OCH3 is 1. The largest absolute Gasteiger partial charge is 0.494 e. The number of hydrogen-bond donors (Lipinski definition) is 0. The number of esters is 1. The third kappa shape index (κ3) is 8.36. The first-order valence-electron chi connectivity index (χ1n) is 7.98. The molecule has 120 valence electrons. The summed E-state index contributed by atoms with van der Waals surface area (Å²) in [6.07, 6.45) is 13.5. The zero-order valence-electron chi connectivity index (χ0n) is 13.5. The molecule has 0 atom stereocenters. The lowest BCUT2D eigenvalue weighted by Crippen LogP contribution is -2.04. The van der Waals surface area contributed by atoms with Gasteiger partial charge in [0.15, 0.2) is 0 Å². The van der Waals surface area contributed by atoms with Crippen molar-refractivity contribution in [3.05, 3.63) is 29.8 Å². The first-order chi connectivity index (χ1) is 10.8. The molecule has 22 heavy (non-hydrogen) atoms. The Bertz CT molecular complexity index is 457. The molecule has 0 aromatic heterocycles. The molecule has 0 amide bonds. The monoisotopic (exact) mass is 302 g/mol. The summed E-state index contributed by atoms with van der Waals surface area (Å²) in [4.78, 5) is 11.2. The van der Waals surface area contributed by atoms with Crippen LogP contribution in [0.15, 0.2) is 24.3 Å². The fourth-order valence-corrected chi connectivity index (χ4v) is 2.17. The van der Waals surface area contributed by atoms with Gasteiger partial charge in [-0.15, -0.1) is 12.3 Å². The van der Waals surface area contributed by atoms with Crippen molar-refractivity contribution in [3.8, 4) is 18.1 Å². The standard InChI is InChI=1S/C19H26O3/c1-3-4-5-6-7-8-9-10-15-22-18-13-11-17(12-14-18)16-19(20)21-2/h1,11-14H,4-10,15-16H2,2H3. The van der Waals surface area contributed by atoms with Crippen LogP contribution in [-0.4, -0.2) is 19.7 Å². The first kappa shape index (κ1) is 18.1. The van der Waals surface area contributed by atoms with Crippen LogP contribution >= 0.6 is 0 Å². The molecule has 0 fully saturated rings. The number of carbonyl (C=O) groups is 1. The second-order valence-electron chi connectivity index (χ2n) is 5.32. The SMILES string of the molecule is C#CCCCCCCCCOc1ccc(CC(=O)OC)cc1. The molecule has 3 nitrogen and oxygen atoms in total. The molecule has 0 heterocycles. The minimum Gasteiger partial charge on any atom is -0.494 e. The molecule has 0 N–H and O–H groups in total.